The Hall–Kier alpha value is -0.520. The zero-order valence-corrected chi connectivity index (χ0v) is 11.0. The van der Waals surface area contributed by atoms with Crippen molar-refractivity contribution in [3.63, 3.8) is 0 Å². The van der Waals surface area contributed by atoms with Crippen LogP contribution in [0, 0.1) is 24.7 Å². The number of hydrazine groups is 1. The minimum Gasteiger partial charge on any atom is -0.271 e. The van der Waals surface area contributed by atoms with Gasteiger partial charge in [0, 0.05) is 0 Å². The van der Waals surface area contributed by atoms with Crippen molar-refractivity contribution in [3.8, 4) is 0 Å². The lowest BCUT2D eigenvalue weighted by Crippen LogP contribution is -2.30. The van der Waals surface area contributed by atoms with Gasteiger partial charge in [-0.3, -0.25) is 11.3 Å². The zero-order valence-electron chi connectivity index (χ0n) is 10.2. The molecule has 2 bridgehead atoms. The second-order valence-electron chi connectivity index (χ2n) is 5.61. The molecule has 2 fully saturated rings. The molecule has 4 unspecified atom stereocenters. The van der Waals surface area contributed by atoms with Gasteiger partial charge < -0.3 is 0 Å². The summed E-state index contributed by atoms with van der Waals surface area (Å²) in [5.74, 6) is 8.53. The summed E-state index contributed by atoms with van der Waals surface area (Å²) in [5, 5.41) is 4.08. The molecule has 4 atom stereocenters. The number of nitrogens with one attached hydrogen (secondary N) is 1. The van der Waals surface area contributed by atoms with Crippen molar-refractivity contribution < 1.29 is 0 Å². The lowest BCUT2D eigenvalue weighted by Gasteiger charge is -2.25. The van der Waals surface area contributed by atoms with Gasteiger partial charge in [0.15, 0.2) is 0 Å². The maximum absolute atomic E-state index is 5.71. The highest BCUT2D eigenvalue weighted by Gasteiger charge is 2.40. The molecule has 3 rings (SSSR count). The first-order chi connectivity index (χ1) is 8.28. The van der Waals surface area contributed by atoms with E-state index in [9.17, 15) is 0 Å². The van der Waals surface area contributed by atoms with E-state index >= 15 is 0 Å². The molecular weight excluding hydrogens is 232 g/mol. The molecule has 17 heavy (non-hydrogen) atoms. The number of rotatable bonds is 4. The Kier molecular flexibility index (Phi) is 3.15. The fourth-order valence-electron chi connectivity index (χ4n) is 3.78. The smallest absolute Gasteiger partial charge is 0.0773 e. The van der Waals surface area contributed by atoms with Crippen molar-refractivity contribution in [1.29, 1.82) is 0 Å². The van der Waals surface area contributed by atoms with Gasteiger partial charge in [0.05, 0.1) is 16.6 Å². The second-order valence-corrected chi connectivity index (χ2v) is 6.40. The highest BCUT2D eigenvalue weighted by Crippen LogP contribution is 2.51. The molecule has 3 N–H and O–H groups in total. The molecule has 0 radical (unpaired) electrons. The minimum atomic E-state index is 0.249. The average Bonchev–Trinajstić information content (AvgIpc) is 3.02. The number of aromatic nitrogens is 2. The van der Waals surface area contributed by atoms with Crippen LogP contribution in [0.1, 0.15) is 48.7 Å². The number of hydrogen-bond donors (Lipinski definition) is 2. The summed E-state index contributed by atoms with van der Waals surface area (Å²) >= 11 is 1.48. The Balaban J connectivity index is 1.69. The fourth-order valence-corrected chi connectivity index (χ4v) is 4.49. The Labute approximate surface area is 106 Å². The van der Waals surface area contributed by atoms with Crippen molar-refractivity contribution in [1.82, 2.24) is 15.0 Å². The first-order valence-electron chi connectivity index (χ1n) is 6.53. The summed E-state index contributed by atoms with van der Waals surface area (Å²) in [5.41, 5.74) is 3.99. The predicted octanol–water partition coefficient (Wildman–Crippen LogP) is 2.18. The van der Waals surface area contributed by atoms with Crippen molar-refractivity contribution >= 4 is 11.5 Å². The average molecular weight is 252 g/mol. The van der Waals surface area contributed by atoms with Crippen LogP contribution in [0.25, 0.3) is 0 Å². The summed E-state index contributed by atoms with van der Waals surface area (Å²) in [6.07, 6.45) is 6.92. The van der Waals surface area contributed by atoms with Gasteiger partial charge in [-0.05, 0) is 61.9 Å². The number of nitrogens with zero attached hydrogens (tertiary/aromatic N) is 2. The normalized spacial score (nSPS) is 33.2. The highest BCUT2D eigenvalue weighted by atomic mass is 32.1. The van der Waals surface area contributed by atoms with Crippen LogP contribution in [0.4, 0.5) is 0 Å². The van der Waals surface area contributed by atoms with Gasteiger partial charge in [-0.1, -0.05) is 10.9 Å². The standard InChI is InChI=1S/C12H20N4S/c1-7-12(17-16-15-7)11(14-13)6-10-5-8-2-3-9(10)4-8/h8-11,14H,2-6,13H2,1H3. The molecule has 1 heterocycles. The summed E-state index contributed by atoms with van der Waals surface area (Å²) in [6, 6.07) is 0.249. The Morgan fingerprint density at radius 2 is 2.35 bits per heavy atom. The SMILES string of the molecule is Cc1nnsc1C(CC1CC2CCC1C2)NN. The number of hydrogen-bond acceptors (Lipinski definition) is 5. The third-order valence-electron chi connectivity index (χ3n) is 4.63. The summed E-state index contributed by atoms with van der Waals surface area (Å²) in [6.45, 7) is 2.02. The highest BCUT2D eigenvalue weighted by molar-refractivity contribution is 7.05. The molecule has 0 amide bonds. The van der Waals surface area contributed by atoms with Crippen LogP contribution >= 0.6 is 11.5 Å². The molecule has 5 heteroatoms. The van der Waals surface area contributed by atoms with Crippen LogP contribution in [0.15, 0.2) is 0 Å². The first-order valence-corrected chi connectivity index (χ1v) is 7.30. The van der Waals surface area contributed by atoms with Gasteiger partial charge in [-0.25, -0.2) is 0 Å². The molecular formula is C12H20N4S. The zero-order chi connectivity index (χ0) is 11.8. The molecule has 2 aliphatic carbocycles. The van der Waals surface area contributed by atoms with Crippen molar-refractivity contribution in [2.24, 2.45) is 23.6 Å². The van der Waals surface area contributed by atoms with Crippen LogP contribution in [0.5, 0.6) is 0 Å². The van der Waals surface area contributed by atoms with Crippen LogP contribution < -0.4 is 11.3 Å². The van der Waals surface area contributed by atoms with E-state index in [0.29, 0.717) is 0 Å². The van der Waals surface area contributed by atoms with E-state index in [1.165, 1.54) is 42.1 Å². The minimum absolute atomic E-state index is 0.249. The molecule has 0 saturated heterocycles. The topological polar surface area (TPSA) is 63.8 Å². The van der Waals surface area contributed by atoms with Crippen LogP contribution in [-0.4, -0.2) is 9.59 Å². The predicted molar refractivity (Wildman–Crippen MR) is 68.3 cm³/mol. The van der Waals surface area contributed by atoms with Gasteiger partial charge in [-0.15, -0.1) is 5.10 Å². The molecule has 0 aromatic carbocycles. The summed E-state index contributed by atoms with van der Waals surface area (Å²) in [4.78, 5) is 1.22. The monoisotopic (exact) mass is 252 g/mol. The van der Waals surface area contributed by atoms with E-state index in [1.54, 1.807) is 0 Å². The van der Waals surface area contributed by atoms with E-state index in [-0.39, 0.29) is 6.04 Å². The third-order valence-corrected chi connectivity index (χ3v) is 5.57. The first kappa shape index (κ1) is 11.6. The quantitative estimate of drug-likeness (QED) is 0.637. The van der Waals surface area contributed by atoms with Crippen LogP contribution in [-0.2, 0) is 0 Å². The molecule has 94 valence electrons. The summed E-state index contributed by atoms with van der Waals surface area (Å²) < 4.78 is 4.01. The molecule has 0 aliphatic heterocycles. The molecule has 2 aliphatic rings. The van der Waals surface area contributed by atoms with Gasteiger partial charge in [0.1, 0.15) is 0 Å². The van der Waals surface area contributed by atoms with Gasteiger partial charge in [-0.2, -0.15) is 0 Å². The second kappa shape index (κ2) is 4.63. The van der Waals surface area contributed by atoms with E-state index in [2.05, 4.69) is 15.0 Å². The van der Waals surface area contributed by atoms with Gasteiger partial charge in [0.2, 0.25) is 0 Å². The molecule has 1 aromatic rings. The maximum Gasteiger partial charge on any atom is 0.0773 e. The van der Waals surface area contributed by atoms with E-state index in [4.69, 9.17) is 5.84 Å². The maximum atomic E-state index is 5.71. The van der Waals surface area contributed by atoms with Gasteiger partial charge in [0.25, 0.3) is 0 Å². The van der Waals surface area contributed by atoms with E-state index in [0.717, 1.165) is 29.9 Å². The molecule has 4 nitrogen and oxygen atoms in total. The fraction of sp³-hybridized carbons (Fsp3) is 0.833. The van der Waals surface area contributed by atoms with Gasteiger partial charge >= 0.3 is 0 Å². The van der Waals surface area contributed by atoms with Crippen molar-refractivity contribution in [2.45, 2.75) is 45.1 Å². The molecule has 1 aromatic heterocycles. The molecule has 2 saturated carbocycles. The van der Waals surface area contributed by atoms with E-state index < -0.39 is 0 Å². The van der Waals surface area contributed by atoms with E-state index in [1.807, 2.05) is 6.92 Å². The molecule has 0 spiro atoms. The lowest BCUT2D eigenvalue weighted by molar-refractivity contribution is 0.281. The van der Waals surface area contributed by atoms with Crippen LogP contribution in [0.2, 0.25) is 0 Å². The number of fused-ring (bicyclic) bond motifs is 2. The number of nitrogens with two attached hydrogens (primary N) is 1. The van der Waals surface area contributed by atoms with Crippen LogP contribution in [0.3, 0.4) is 0 Å². The van der Waals surface area contributed by atoms with Crippen molar-refractivity contribution in [2.75, 3.05) is 0 Å². The summed E-state index contributed by atoms with van der Waals surface area (Å²) in [7, 11) is 0. The Morgan fingerprint density at radius 1 is 1.47 bits per heavy atom. The third kappa shape index (κ3) is 2.11. The largest absolute Gasteiger partial charge is 0.271 e. The Bertz CT molecular complexity index is 392. The Morgan fingerprint density at radius 3 is 2.88 bits per heavy atom. The lowest BCUT2D eigenvalue weighted by atomic mass is 9.84. The van der Waals surface area contributed by atoms with Crippen molar-refractivity contribution in [3.05, 3.63) is 10.6 Å². The number of aryl methyl sites for hydroxylation is 1.